The summed E-state index contributed by atoms with van der Waals surface area (Å²) in [6.07, 6.45) is 0. The fourth-order valence-electron chi connectivity index (χ4n) is 2.76. The molecule has 0 radical (unpaired) electrons. The van der Waals surface area contributed by atoms with E-state index >= 15 is 0 Å². The van der Waals surface area contributed by atoms with Crippen LogP contribution in [0, 0.1) is 5.82 Å². The second kappa shape index (κ2) is 6.89. The molecule has 0 spiro atoms. The van der Waals surface area contributed by atoms with Crippen LogP contribution in [0.3, 0.4) is 0 Å². The Hall–Kier alpha value is -0.240. The molecule has 7 heteroatoms. The minimum absolute atomic E-state index is 0.0746. The van der Waals surface area contributed by atoms with Crippen LogP contribution >= 0.6 is 27.5 Å². The molecule has 4 nitrogen and oxygen atoms in total. The summed E-state index contributed by atoms with van der Waals surface area (Å²) < 4.78 is 20.4. The molecule has 0 aliphatic carbocycles. The van der Waals surface area contributed by atoms with Gasteiger partial charge in [-0.15, -0.1) is 0 Å². The Bertz CT molecular complexity index is 509. The van der Waals surface area contributed by atoms with Gasteiger partial charge in [0, 0.05) is 28.7 Å². The molecule has 1 saturated heterocycles. The third-order valence-electron chi connectivity index (χ3n) is 4.08. The number of ether oxygens (including phenoxy) is 1. The highest BCUT2D eigenvalue weighted by Crippen LogP contribution is 2.36. The van der Waals surface area contributed by atoms with Crippen LogP contribution in [0.5, 0.6) is 0 Å². The van der Waals surface area contributed by atoms with Gasteiger partial charge in [-0.1, -0.05) is 17.7 Å². The van der Waals surface area contributed by atoms with Gasteiger partial charge in [-0.3, -0.25) is 16.2 Å². The molecular weight excluding hydrogens is 361 g/mol. The van der Waals surface area contributed by atoms with Gasteiger partial charge in [-0.05, 0) is 35.8 Å². The molecule has 1 unspecified atom stereocenters. The van der Waals surface area contributed by atoms with Crippen LogP contribution < -0.4 is 11.3 Å². The van der Waals surface area contributed by atoms with Crippen molar-refractivity contribution in [3.8, 4) is 0 Å². The Morgan fingerprint density at radius 1 is 1.43 bits per heavy atom. The van der Waals surface area contributed by atoms with Crippen molar-refractivity contribution in [3.63, 3.8) is 0 Å². The van der Waals surface area contributed by atoms with E-state index in [1.165, 1.54) is 0 Å². The molecule has 3 N–H and O–H groups in total. The number of hydrogen-bond donors (Lipinski definition) is 2. The monoisotopic (exact) mass is 379 g/mol. The van der Waals surface area contributed by atoms with Gasteiger partial charge in [0.25, 0.3) is 0 Å². The lowest BCUT2D eigenvalue weighted by molar-refractivity contribution is -0.0242. The van der Waals surface area contributed by atoms with Gasteiger partial charge in [-0.2, -0.15) is 0 Å². The molecule has 0 bridgehead atoms. The van der Waals surface area contributed by atoms with Crippen molar-refractivity contribution < 1.29 is 9.13 Å². The first kappa shape index (κ1) is 17.1. The van der Waals surface area contributed by atoms with Crippen LogP contribution in [0.1, 0.15) is 25.5 Å². The smallest absolute Gasteiger partial charge is 0.147 e. The molecule has 1 heterocycles. The lowest BCUT2D eigenvalue weighted by Gasteiger charge is -2.45. The highest BCUT2D eigenvalue weighted by molar-refractivity contribution is 9.10. The maximum absolute atomic E-state index is 14.5. The highest BCUT2D eigenvalue weighted by Gasteiger charge is 2.38. The van der Waals surface area contributed by atoms with Crippen molar-refractivity contribution in [2.75, 3.05) is 26.3 Å². The van der Waals surface area contributed by atoms with E-state index in [9.17, 15) is 4.39 Å². The van der Waals surface area contributed by atoms with Crippen molar-refractivity contribution in [1.82, 2.24) is 10.3 Å². The van der Waals surface area contributed by atoms with Gasteiger partial charge >= 0.3 is 0 Å². The number of benzene rings is 1. The summed E-state index contributed by atoms with van der Waals surface area (Å²) in [5, 5.41) is 0.0746. The Kier molecular flexibility index (Phi) is 5.62. The zero-order chi connectivity index (χ0) is 15.6. The molecule has 1 aromatic rings. The Morgan fingerprint density at radius 3 is 2.62 bits per heavy atom. The van der Waals surface area contributed by atoms with Crippen LogP contribution in [-0.2, 0) is 4.74 Å². The second-order valence-electron chi connectivity index (χ2n) is 5.62. The number of nitrogens with one attached hydrogen (secondary N) is 1. The lowest BCUT2D eigenvalue weighted by atomic mass is 9.86. The minimum atomic E-state index is -0.449. The van der Waals surface area contributed by atoms with Gasteiger partial charge in [0.05, 0.1) is 24.3 Å². The summed E-state index contributed by atoms with van der Waals surface area (Å²) >= 11 is 9.22. The van der Waals surface area contributed by atoms with Crippen molar-refractivity contribution >= 4 is 27.5 Å². The quantitative estimate of drug-likeness (QED) is 0.479. The highest BCUT2D eigenvalue weighted by atomic mass is 79.9. The zero-order valence-corrected chi connectivity index (χ0v) is 14.5. The van der Waals surface area contributed by atoms with E-state index in [1.54, 1.807) is 12.1 Å². The summed E-state index contributed by atoms with van der Waals surface area (Å²) in [6, 6.07) is 3.06. The average molecular weight is 381 g/mol. The molecule has 1 aliphatic heterocycles. The van der Waals surface area contributed by atoms with Crippen LogP contribution in [0.15, 0.2) is 16.6 Å². The molecule has 1 aromatic carbocycles. The van der Waals surface area contributed by atoms with E-state index in [0.29, 0.717) is 23.2 Å². The minimum Gasteiger partial charge on any atom is -0.379 e. The van der Waals surface area contributed by atoms with Crippen molar-refractivity contribution in [3.05, 3.63) is 33.0 Å². The van der Waals surface area contributed by atoms with Crippen LogP contribution in [0.25, 0.3) is 0 Å². The van der Waals surface area contributed by atoms with Gasteiger partial charge in [0.2, 0.25) is 0 Å². The molecule has 0 saturated carbocycles. The number of morpholine rings is 1. The van der Waals surface area contributed by atoms with Gasteiger partial charge in [-0.25, -0.2) is 4.39 Å². The van der Waals surface area contributed by atoms with E-state index < -0.39 is 5.82 Å². The number of rotatable bonds is 4. The number of nitrogens with zero attached hydrogens (tertiary/aromatic N) is 1. The SMILES string of the molecule is CC(C)(C(NN)c1ccc(Br)c(Cl)c1F)N1CCOCC1. The number of hydrazine groups is 1. The summed E-state index contributed by atoms with van der Waals surface area (Å²) in [5.41, 5.74) is 2.83. The van der Waals surface area contributed by atoms with Crippen molar-refractivity contribution in [2.24, 2.45) is 5.84 Å². The summed E-state index contributed by atoms with van der Waals surface area (Å²) in [7, 11) is 0. The summed E-state index contributed by atoms with van der Waals surface area (Å²) in [5.74, 6) is 5.28. The third kappa shape index (κ3) is 3.41. The van der Waals surface area contributed by atoms with E-state index in [-0.39, 0.29) is 16.6 Å². The molecule has 21 heavy (non-hydrogen) atoms. The number of halogens is 3. The molecule has 2 rings (SSSR count). The Balaban J connectivity index is 2.36. The topological polar surface area (TPSA) is 50.5 Å². The molecule has 1 aliphatic rings. The molecule has 0 amide bonds. The first-order chi connectivity index (χ1) is 9.89. The van der Waals surface area contributed by atoms with Crippen LogP contribution in [0.2, 0.25) is 5.02 Å². The van der Waals surface area contributed by atoms with Crippen LogP contribution in [0.4, 0.5) is 4.39 Å². The first-order valence-corrected chi connectivity index (χ1v) is 7.99. The van der Waals surface area contributed by atoms with E-state index in [2.05, 4.69) is 26.3 Å². The molecular formula is C14H20BrClFN3O. The lowest BCUT2D eigenvalue weighted by Crippen LogP contribution is -2.57. The van der Waals surface area contributed by atoms with Gasteiger partial charge in [0.1, 0.15) is 5.82 Å². The second-order valence-corrected chi connectivity index (χ2v) is 6.85. The average Bonchev–Trinajstić information content (AvgIpc) is 2.48. The van der Waals surface area contributed by atoms with E-state index in [0.717, 1.165) is 13.1 Å². The summed E-state index contributed by atoms with van der Waals surface area (Å²) in [4.78, 5) is 2.25. The molecule has 1 atom stereocenters. The molecule has 1 fully saturated rings. The molecule has 118 valence electrons. The Labute approximate surface area is 137 Å². The molecule has 0 aromatic heterocycles. The van der Waals surface area contributed by atoms with E-state index in [4.69, 9.17) is 22.2 Å². The summed E-state index contributed by atoms with van der Waals surface area (Å²) in [6.45, 7) is 7.00. The maximum atomic E-state index is 14.5. The van der Waals surface area contributed by atoms with Crippen molar-refractivity contribution in [2.45, 2.75) is 25.4 Å². The van der Waals surface area contributed by atoms with Gasteiger partial charge in [0.15, 0.2) is 0 Å². The fraction of sp³-hybridized carbons (Fsp3) is 0.571. The zero-order valence-electron chi connectivity index (χ0n) is 12.1. The predicted octanol–water partition coefficient (Wildman–Crippen LogP) is 2.86. The normalized spacial score (nSPS) is 18.8. The van der Waals surface area contributed by atoms with Crippen molar-refractivity contribution in [1.29, 1.82) is 0 Å². The fourth-order valence-corrected chi connectivity index (χ4v) is 3.24. The number of hydrogen-bond acceptors (Lipinski definition) is 4. The van der Waals surface area contributed by atoms with Crippen LogP contribution in [-0.4, -0.2) is 36.7 Å². The van der Waals surface area contributed by atoms with Gasteiger partial charge < -0.3 is 4.74 Å². The standard InChI is InChI=1S/C14H20BrClFN3O/c1-14(2,20-5-7-21-8-6-20)13(19-18)9-3-4-10(15)11(16)12(9)17/h3-4,13,19H,5-8,18H2,1-2H3. The Morgan fingerprint density at radius 2 is 2.05 bits per heavy atom. The first-order valence-electron chi connectivity index (χ1n) is 6.82. The van der Waals surface area contributed by atoms with E-state index in [1.807, 2.05) is 13.8 Å². The maximum Gasteiger partial charge on any atom is 0.147 e. The third-order valence-corrected chi connectivity index (χ3v) is 5.33. The number of nitrogens with two attached hydrogens (primary N) is 1. The largest absolute Gasteiger partial charge is 0.379 e. The predicted molar refractivity (Wildman–Crippen MR) is 85.6 cm³/mol.